The molecule has 5 rings (SSSR count). The molecule has 7 nitrogen and oxygen atoms in total. The van der Waals surface area contributed by atoms with Crippen LogP contribution in [0.25, 0.3) is 0 Å². The van der Waals surface area contributed by atoms with Gasteiger partial charge in [0.2, 0.25) is 5.91 Å². The van der Waals surface area contributed by atoms with Gasteiger partial charge in [-0.2, -0.15) is 4.80 Å². The van der Waals surface area contributed by atoms with Gasteiger partial charge >= 0.3 is 0 Å². The maximum Gasteiger partial charge on any atom is 0.269 e. The van der Waals surface area contributed by atoms with Gasteiger partial charge in [-0.3, -0.25) is 10.1 Å². The van der Waals surface area contributed by atoms with Crippen molar-refractivity contribution in [3.05, 3.63) is 0 Å². The lowest BCUT2D eigenvalue weighted by molar-refractivity contribution is -0.127. The number of aromatic nitrogens is 4. The molecule has 2 N–H and O–H groups in total. The summed E-state index contributed by atoms with van der Waals surface area (Å²) in [6, 6.07) is 0. The Morgan fingerprint density at radius 1 is 1.23 bits per heavy atom. The summed E-state index contributed by atoms with van der Waals surface area (Å²) in [7, 11) is 0. The van der Waals surface area contributed by atoms with Crippen LogP contribution in [-0.2, 0) is 11.3 Å². The summed E-state index contributed by atoms with van der Waals surface area (Å²) in [5.74, 6) is 3.31. The molecular formula is C18H28N6OS. The number of carbonyl (C=O) groups is 1. The summed E-state index contributed by atoms with van der Waals surface area (Å²) in [6.07, 6.45) is 8.41. The first kappa shape index (κ1) is 17.8. The summed E-state index contributed by atoms with van der Waals surface area (Å²) in [4.78, 5) is 14.1. The van der Waals surface area contributed by atoms with E-state index in [9.17, 15) is 4.79 Å². The minimum atomic E-state index is 0.0130. The molecule has 4 fully saturated rings. The Balaban J connectivity index is 1.29. The van der Waals surface area contributed by atoms with E-state index in [-0.39, 0.29) is 16.4 Å². The number of nitrogens with zero attached hydrogens (tertiary/aromatic N) is 4. The molecule has 0 aliphatic heterocycles. The van der Waals surface area contributed by atoms with Crippen molar-refractivity contribution in [2.75, 3.05) is 5.32 Å². The van der Waals surface area contributed by atoms with Crippen LogP contribution in [0.3, 0.4) is 0 Å². The van der Waals surface area contributed by atoms with Crippen LogP contribution in [0.2, 0.25) is 0 Å². The molecule has 1 aromatic rings. The van der Waals surface area contributed by atoms with E-state index in [1.54, 1.807) is 0 Å². The van der Waals surface area contributed by atoms with E-state index in [1.807, 2.05) is 0 Å². The van der Waals surface area contributed by atoms with Crippen molar-refractivity contribution < 1.29 is 4.79 Å². The zero-order valence-corrected chi connectivity index (χ0v) is 16.4. The quantitative estimate of drug-likeness (QED) is 0.769. The van der Waals surface area contributed by atoms with Crippen molar-refractivity contribution in [2.24, 2.45) is 29.1 Å². The predicted molar refractivity (Wildman–Crippen MR) is 102 cm³/mol. The summed E-state index contributed by atoms with van der Waals surface area (Å²) in [5, 5.41) is 18.1. The van der Waals surface area contributed by atoms with Gasteiger partial charge in [0.25, 0.3) is 5.95 Å². The third-order valence-corrected chi connectivity index (χ3v) is 6.36. The minimum Gasteiger partial charge on any atom is -0.303 e. The molecule has 0 saturated heterocycles. The molecule has 4 aliphatic carbocycles. The molecule has 4 bridgehead atoms. The van der Waals surface area contributed by atoms with Gasteiger partial charge in [-0.1, -0.05) is 18.9 Å². The molecule has 1 aromatic heterocycles. The van der Waals surface area contributed by atoms with E-state index < -0.39 is 0 Å². The number of thiocarbonyl (C=S) groups is 1. The first-order valence-corrected chi connectivity index (χ1v) is 10.2. The van der Waals surface area contributed by atoms with E-state index in [1.165, 1.54) is 43.3 Å². The van der Waals surface area contributed by atoms with Gasteiger partial charge in [-0.15, -0.1) is 5.10 Å². The van der Waals surface area contributed by atoms with Gasteiger partial charge in [0.15, 0.2) is 5.11 Å². The van der Waals surface area contributed by atoms with Crippen LogP contribution in [0, 0.1) is 29.1 Å². The molecule has 4 saturated carbocycles. The maximum absolute atomic E-state index is 12.6. The molecule has 4 aliphatic rings. The van der Waals surface area contributed by atoms with Crippen molar-refractivity contribution in [1.82, 2.24) is 25.5 Å². The molecule has 0 aromatic carbocycles. The van der Waals surface area contributed by atoms with Crippen molar-refractivity contribution in [3.8, 4) is 0 Å². The van der Waals surface area contributed by atoms with Gasteiger partial charge in [-0.25, -0.2) is 0 Å². The summed E-state index contributed by atoms with van der Waals surface area (Å²) < 4.78 is 0. The summed E-state index contributed by atoms with van der Waals surface area (Å²) in [5.41, 5.74) is 0.215. The van der Waals surface area contributed by atoms with Crippen molar-refractivity contribution in [3.63, 3.8) is 0 Å². The number of tetrazole rings is 1. The molecule has 1 heterocycles. The lowest BCUT2D eigenvalue weighted by Gasteiger charge is -2.56. The SMILES string of the molecule is CC(C)Cn1nnc(NC(=S)NC(=O)CC23CC4CC(CC(C4)C2)C3)n1. The van der Waals surface area contributed by atoms with Gasteiger partial charge < -0.3 is 5.32 Å². The third-order valence-electron chi connectivity index (χ3n) is 6.16. The zero-order chi connectivity index (χ0) is 18.3. The molecule has 0 atom stereocenters. The second-order valence-corrected chi connectivity index (χ2v) is 9.57. The molecule has 1 amide bonds. The van der Waals surface area contributed by atoms with Crippen molar-refractivity contribution >= 4 is 29.2 Å². The highest BCUT2D eigenvalue weighted by molar-refractivity contribution is 7.80. The molecular weight excluding hydrogens is 348 g/mol. The normalized spacial score (nSPS) is 32.0. The van der Waals surface area contributed by atoms with Crippen LogP contribution < -0.4 is 10.6 Å². The maximum atomic E-state index is 12.6. The molecule has 8 heteroatoms. The molecule has 0 spiro atoms. The Morgan fingerprint density at radius 3 is 2.42 bits per heavy atom. The van der Waals surface area contributed by atoms with Crippen molar-refractivity contribution in [2.45, 2.75) is 65.3 Å². The first-order valence-electron chi connectivity index (χ1n) is 9.78. The van der Waals surface area contributed by atoms with Crippen LogP contribution >= 0.6 is 12.2 Å². The van der Waals surface area contributed by atoms with Gasteiger partial charge in [0.05, 0.1) is 6.54 Å². The molecule has 0 unspecified atom stereocenters. The van der Waals surface area contributed by atoms with Gasteiger partial charge in [0, 0.05) is 6.42 Å². The third kappa shape index (κ3) is 3.89. The highest BCUT2D eigenvalue weighted by atomic mass is 32.1. The zero-order valence-electron chi connectivity index (χ0n) is 15.6. The average Bonchev–Trinajstić information content (AvgIpc) is 2.90. The van der Waals surface area contributed by atoms with E-state index in [0.717, 1.165) is 17.8 Å². The van der Waals surface area contributed by atoms with Crippen LogP contribution in [0.1, 0.15) is 58.8 Å². The van der Waals surface area contributed by atoms with Gasteiger partial charge in [0.1, 0.15) is 0 Å². The highest BCUT2D eigenvalue weighted by Gasteiger charge is 2.51. The highest BCUT2D eigenvalue weighted by Crippen LogP contribution is 2.61. The van der Waals surface area contributed by atoms with Crippen LogP contribution in [0.4, 0.5) is 5.95 Å². The van der Waals surface area contributed by atoms with Crippen molar-refractivity contribution in [1.29, 1.82) is 0 Å². The summed E-state index contributed by atoms with van der Waals surface area (Å²) >= 11 is 5.26. The number of rotatable bonds is 5. The fourth-order valence-electron chi connectivity index (χ4n) is 5.85. The van der Waals surface area contributed by atoms with Crippen LogP contribution in [-0.4, -0.2) is 31.2 Å². The Morgan fingerprint density at radius 2 is 1.85 bits per heavy atom. The number of amides is 1. The number of anilines is 1. The minimum absolute atomic E-state index is 0.0130. The van der Waals surface area contributed by atoms with E-state index in [0.29, 0.717) is 24.8 Å². The largest absolute Gasteiger partial charge is 0.303 e. The number of nitrogens with one attached hydrogen (secondary N) is 2. The van der Waals surface area contributed by atoms with E-state index in [4.69, 9.17) is 12.2 Å². The number of carbonyl (C=O) groups excluding carboxylic acids is 1. The lowest BCUT2D eigenvalue weighted by Crippen LogP contribution is -2.48. The second kappa shape index (κ2) is 6.87. The molecule has 142 valence electrons. The predicted octanol–water partition coefficient (Wildman–Crippen LogP) is 2.75. The Bertz CT molecular complexity index is 664. The summed E-state index contributed by atoms with van der Waals surface area (Å²) in [6.45, 7) is 4.87. The standard InChI is InChI=1S/C18H28N6OS/c1-11(2)10-24-22-16(21-23-24)20-17(26)19-15(25)9-18-6-12-3-13(7-18)5-14(4-12)8-18/h11-14H,3-10H2,1-2H3,(H2,19,20,22,25,26). The first-order chi connectivity index (χ1) is 12.4. The average molecular weight is 377 g/mol. The Kier molecular flexibility index (Phi) is 4.71. The fraction of sp³-hybridized carbons (Fsp3) is 0.833. The number of hydrogen-bond donors (Lipinski definition) is 2. The van der Waals surface area contributed by atoms with Gasteiger partial charge in [-0.05, 0) is 85.0 Å². The topological polar surface area (TPSA) is 84.7 Å². The van der Waals surface area contributed by atoms with E-state index in [2.05, 4.69) is 39.9 Å². The van der Waals surface area contributed by atoms with Crippen LogP contribution in [0.15, 0.2) is 0 Å². The second-order valence-electron chi connectivity index (χ2n) is 9.16. The molecule has 0 radical (unpaired) electrons. The van der Waals surface area contributed by atoms with Crippen LogP contribution in [0.5, 0.6) is 0 Å². The smallest absolute Gasteiger partial charge is 0.269 e. The lowest BCUT2D eigenvalue weighted by atomic mass is 9.49. The Hall–Kier alpha value is -1.57. The molecule has 26 heavy (non-hydrogen) atoms. The fourth-order valence-corrected chi connectivity index (χ4v) is 6.05. The monoisotopic (exact) mass is 376 g/mol. The van der Waals surface area contributed by atoms with E-state index >= 15 is 0 Å². The Labute approximate surface area is 159 Å². The number of hydrogen-bond acceptors (Lipinski definition) is 5.